The number of benzene rings is 2. The summed E-state index contributed by atoms with van der Waals surface area (Å²) < 4.78 is 0. The minimum absolute atomic E-state index is 0.119. The fraction of sp³-hybridized carbons (Fsp3) is 0.348. The average Bonchev–Trinajstić information content (AvgIpc) is 2.79. The second kappa shape index (κ2) is 5.73. The van der Waals surface area contributed by atoms with Crippen LogP contribution in [-0.2, 0) is 10.2 Å². The van der Waals surface area contributed by atoms with E-state index >= 15 is 0 Å². The number of rotatable bonds is 2. The molecule has 0 spiro atoms. The number of nitrogens with one attached hydrogen (secondary N) is 1. The molecule has 2 aliphatic heterocycles. The van der Waals surface area contributed by atoms with E-state index in [0.717, 1.165) is 6.54 Å². The van der Waals surface area contributed by atoms with Gasteiger partial charge in [-0.25, -0.2) is 0 Å². The number of nitrogens with zero attached hydrogens (tertiary/aromatic N) is 1. The van der Waals surface area contributed by atoms with E-state index in [9.17, 15) is 4.79 Å². The molecule has 1 amide bonds. The zero-order valence-corrected chi connectivity index (χ0v) is 16.0. The number of anilines is 1. The maximum atomic E-state index is 12.4. The Labute approximate surface area is 155 Å². The SMILES string of the molecule is Cc1ccc2c(c1)C(C)(C)[C@@]1(/C=C/c3ccccc3C)NC(=O)CCN21. The minimum Gasteiger partial charge on any atom is -0.344 e. The van der Waals surface area contributed by atoms with E-state index in [0.29, 0.717) is 6.42 Å². The highest BCUT2D eigenvalue weighted by Gasteiger charge is 2.57. The van der Waals surface area contributed by atoms with Crippen LogP contribution in [-0.4, -0.2) is 18.1 Å². The Morgan fingerprint density at radius 1 is 1.12 bits per heavy atom. The third-order valence-corrected chi connectivity index (χ3v) is 6.08. The van der Waals surface area contributed by atoms with Gasteiger partial charge in [0.05, 0.1) is 0 Å². The number of fused-ring (bicyclic) bond motifs is 3. The molecule has 2 aliphatic rings. The van der Waals surface area contributed by atoms with Gasteiger partial charge in [-0.15, -0.1) is 0 Å². The lowest BCUT2D eigenvalue weighted by atomic mass is 9.74. The van der Waals surface area contributed by atoms with Crippen LogP contribution in [0.2, 0.25) is 0 Å². The van der Waals surface area contributed by atoms with Gasteiger partial charge in [0.1, 0.15) is 5.66 Å². The third kappa shape index (κ3) is 2.30. The molecule has 3 heteroatoms. The van der Waals surface area contributed by atoms with Gasteiger partial charge in [-0.05, 0) is 42.7 Å². The van der Waals surface area contributed by atoms with Crippen LogP contribution < -0.4 is 10.2 Å². The van der Waals surface area contributed by atoms with Gasteiger partial charge in [0.2, 0.25) is 5.91 Å². The maximum absolute atomic E-state index is 12.4. The van der Waals surface area contributed by atoms with Crippen molar-refractivity contribution in [1.29, 1.82) is 0 Å². The zero-order chi connectivity index (χ0) is 18.5. The Bertz CT molecular complexity index is 912. The number of aryl methyl sites for hydroxylation is 2. The highest BCUT2D eigenvalue weighted by Crippen LogP contribution is 2.52. The lowest BCUT2D eigenvalue weighted by Crippen LogP contribution is -2.68. The molecule has 0 radical (unpaired) electrons. The first-order chi connectivity index (χ1) is 12.3. The lowest BCUT2D eigenvalue weighted by molar-refractivity contribution is -0.124. The molecular weight excluding hydrogens is 320 g/mol. The van der Waals surface area contributed by atoms with Crippen LogP contribution in [0.4, 0.5) is 5.69 Å². The predicted octanol–water partition coefficient (Wildman–Crippen LogP) is 4.33. The Balaban J connectivity index is 1.88. The highest BCUT2D eigenvalue weighted by molar-refractivity contribution is 5.84. The first-order valence-electron chi connectivity index (χ1n) is 9.30. The summed E-state index contributed by atoms with van der Waals surface area (Å²) in [7, 11) is 0. The molecule has 0 bridgehead atoms. The summed E-state index contributed by atoms with van der Waals surface area (Å²) in [6.07, 6.45) is 4.89. The van der Waals surface area contributed by atoms with Crippen LogP contribution in [0.25, 0.3) is 6.08 Å². The highest BCUT2D eigenvalue weighted by atomic mass is 16.2. The summed E-state index contributed by atoms with van der Waals surface area (Å²) >= 11 is 0. The first-order valence-corrected chi connectivity index (χ1v) is 9.30. The lowest BCUT2D eigenvalue weighted by Gasteiger charge is -2.49. The third-order valence-electron chi connectivity index (χ3n) is 6.08. The van der Waals surface area contributed by atoms with E-state index in [2.05, 4.69) is 92.5 Å². The van der Waals surface area contributed by atoms with Crippen LogP contribution >= 0.6 is 0 Å². The minimum atomic E-state index is -0.541. The summed E-state index contributed by atoms with van der Waals surface area (Å²) in [6.45, 7) is 9.45. The van der Waals surface area contributed by atoms with Gasteiger partial charge in [-0.2, -0.15) is 0 Å². The molecule has 1 fully saturated rings. The molecule has 1 N–H and O–H groups in total. The fourth-order valence-electron chi connectivity index (χ4n) is 4.45. The topological polar surface area (TPSA) is 32.3 Å². The van der Waals surface area contributed by atoms with Crippen molar-refractivity contribution in [1.82, 2.24) is 5.32 Å². The van der Waals surface area contributed by atoms with E-state index in [1.807, 2.05) is 0 Å². The van der Waals surface area contributed by atoms with Crippen molar-refractivity contribution in [3.8, 4) is 0 Å². The number of hydrogen-bond donors (Lipinski definition) is 1. The summed E-state index contributed by atoms with van der Waals surface area (Å²) in [5.74, 6) is 0.119. The molecule has 3 nitrogen and oxygen atoms in total. The van der Waals surface area contributed by atoms with Crippen molar-refractivity contribution in [2.45, 2.75) is 45.2 Å². The van der Waals surface area contributed by atoms with E-state index in [-0.39, 0.29) is 11.3 Å². The van der Waals surface area contributed by atoms with Gasteiger partial charge < -0.3 is 10.2 Å². The number of carbonyl (C=O) groups is 1. The summed E-state index contributed by atoms with van der Waals surface area (Å²) in [5, 5.41) is 3.34. The Hall–Kier alpha value is -2.55. The van der Waals surface area contributed by atoms with Crippen LogP contribution in [0.5, 0.6) is 0 Å². The standard InChI is InChI=1S/C23H26N2O/c1-16-9-10-20-19(15-16)22(3,4)23(24-21(26)12-14-25(20)23)13-11-18-8-6-5-7-17(18)2/h5-11,13,15H,12,14H2,1-4H3,(H,24,26)/b13-11+/t23-/m0/s1. The van der Waals surface area contributed by atoms with Crippen molar-refractivity contribution in [2.75, 3.05) is 11.4 Å². The molecular formula is C23H26N2O. The second-order valence-corrected chi connectivity index (χ2v) is 8.05. The first kappa shape index (κ1) is 16.9. The molecule has 1 saturated heterocycles. The fourth-order valence-corrected chi connectivity index (χ4v) is 4.45. The van der Waals surface area contributed by atoms with E-state index < -0.39 is 5.66 Å². The monoisotopic (exact) mass is 346 g/mol. The van der Waals surface area contributed by atoms with E-state index in [1.54, 1.807) is 0 Å². The van der Waals surface area contributed by atoms with Gasteiger partial charge in [-0.1, -0.05) is 61.9 Å². The van der Waals surface area contributed by atoms with Gasteiger partial charge in [0, 0.05) is 24.1 Å². The summed E-state index contributed by atoms with van der Waals surface area (Å²) in [6, 6.07) is 15.0. The molecule has 2 aromatic carbocycles. The van der Waals surface area contributed by atoms with Gasteiger partial charge >= 0.3 is 0 Å². The van der Waals surface area contributed by atoms with E-state index in [1.165, 1.54) is 27.9 Å². The molecule has 0 aromatic heterocycles. The quantitative estimate of drug-likeness (QED) is 0.878. The predicted molar refractivity (Wildman–Crippen MR) is 107 cm³/mol. The van der Waals surface area contributed by atoms with Crippen LogP contribution in [0.1, 0.15) is 42.5 Å². The largest absolute Gasteiger partial charge is 0.344 e. The molecule has 2 aromatic rings. The smallest absolute Gasteiger partial charge is 0.223 e. The molecule has 1 atom stereocenters. The Morgan fingerprint density at radius 2 is 1.88 bits per heavy atom. The summed E-state index contributed by atoms with van der Waals surface area (Å²) in [4.78, 5) is 14.8. The van der Waals surface area contributed by atoms with Crippen molar-refractivity contribution in [2.24, 2.45) is 0 Å². The number of carbonyl (C=O) groups excluding carboxylic acids is 1. The van der Waals surface area contributed by atoms with Crippen LogP contribution in [0.15, 0.2) is 48.5 Å². The van der Waals surface area contributed by atoms with Crippen molar-refractivity contribution >= 4 is 17.7 Å². The van der Waals surface area contributed by atoms with Crippen molar-refractivity contribution in [3.63, 3.8) is 0 Å². The molecule has 0 saturated carbocycles. The van der Waals surface area contributed by atoms with Crippen molar-refractivity contribution < 1.29 is 4.79 Å². The Morgan fingerprint density at radius 3 is 2.65 bits per heavy atom. The Kier molecular flexibility index (Phi) is 3.72. The summed E-state index contributed by atoms with van der Waals surface area (Å²) in [5.41, 5.74) is 5.43. The molecule has 26 heavy (non-hydrogen) atoms. The maximum Gasteiger partial charge on any atom is 0.223 e. The molecule has 0 unspecified atom stereocenters. The number of amides is 1. The normalized spacial score (nSPS) is 23.7. The van der Waals surface area contributed by atoms with E-state index in [4.69, 9.17) is 0 Å². The molecule has 0 aliphatic carbocycles. The van der Waals surface area contributed by atoms with Crippen LogP contribution in [0, 0.1) is 13.8 Å². The molecule has 4 rings (SSSR count). The van der Waals surface area contributed by atoms with Gasteiger partial charge in [0.15, 0.2) is 0 Å². The molecule has 134 valence electrons. The second-order valence-electron chi connectivity index (χ2n) is 8.05. The zero-order valence-electron chi connectivity index (χ0n) is 16.0. The average molecular weight is 346 g/mol. The van der Waals surface area contributed by atoms with Gasteiger partial charge in [-0.3, -0.25) is 4.79 Å². The number of hydrogen-bond acceptors (Lipinski definition) is 2. The molecule has 2 heterocycles. The van der Waals surface area contributed by atoms with Crippen LogP contribution in [0.3, 0.4) is 0 Å². The van der Waals surface area contributed by atoms with Gasteiger partial charge in [0.25, 0.3) is 0 Å². The van der Waals surface area contributed by atoms with Crippen molar-refractivity contribution in [3.05, 3.63) is 70.8 Å².